The van der Waals surface area contributed by atoms with E-state index >= 15 is 0 Å². The lowest BCUT2D eigenvalue weighted by Gasteiger charge is -2.11. The predicted molar refractivity (Wildman–Crippen MR) is 122 cm³/mol. The number of halogens is 1. The fourth-order valence-corrected chi connectivity index (χ4v) is 2.85. The number of methoxy groups -OCH3 is 1. The summed E-state index contributed by atoms with van der Waals surface area (Å²) in [5.41, 5.74) is 2.46. The third-order valence-corrected chi connectivity index (χ3v) is 4.32. The molecule has 28 heavy (non-hydrogen) atoms. The lowest BCUT2D eigenvalue weighted by atomic mass is 10.1. The second-order valence-electron chi connectivity index (χ2n) is 6.22. The third-order valence-electron chi connectivity index (χ3n) is 4.32. The lowest BCUT2D eigenvalue weighted by Crippen LogP contribution is -2.38. The van der Waals surface area contributed by atoms with Crippen LogP contribution in [0.25, 0.3) is 0 Å². The number of nitrogens with zero attached hydrogens (tertiary/aromatic N) is 1. The van der Waals surface area contributed by atoms with Crippen molar-refractivity contribution >= 4 is 29.9 Å². The first-order valence-electron chi connectivity index (χ1n) is 9.32. The first-order valence-corrected chi connectivity index (χ1v) is 9.32. The Morgan fingerprint density at radius 1 is 1.00 bits per heavy atom. The molecule has 0 radical (unpaired) electrons. The molecule has 2 N–H and O–H groups in total. The highest BCUT2D eigenvalue weighted by molar-refractivity contribution is 14.0. The summed E-state index contributed by atoms with van der Waals surface area (Å²) in [5, 5.41) is 6.68. The zero-order chi connectivity index (χ0) is 18.9. The van der Waals surface area contributed by atoms with Gasteiger partial charge in [0.25, 0.3) is 0 Å². The summed E-state index contributed by atoms with van der Waals surface area (Å²) in [6.45, 7) is 4.74. The number of fused-ring (bicyclic) bond motifs is 1. The fraction of sp³-hybridized carbons (Fsp3) is 0.381. The Morgan fingerprint density at radius 2 is 1.75 bits per heavy atom. The summed E-state index contributed by atoms with van der Waals surface area (Å²) in [4.78, 5) is 4.66. The van der Waals surface area contributed by atoms with Crippen molar-refractivity contribution in [2.75, 3.05) is 33.5 Å². The predicted octanol–water partition coefficient (Wildman–Crippen LogP) is 3.38. The minimum absolute atomic E-state index is 0. The van der Waals surface area contributed by atoms with Gasteiger partial charge in [-0.2, -0.15) is 0 Å². The zero-order valence-electron chi connectivity index (χ0n) is 16.4. The molecule has 0 saturated heterocycles. The molecule has 7 heteroatoms. The van der Waals surface area contributed by atoms with Crippen LogP contribution < -0.4 is 24.8 Å². The average Bonchev–Trinajstić information content (AvgIpc) is 3.16. The van der Waals surface area contributed by atoms with Crippen LogP contribution in [0.5, 0.6) is 17.2 Å². The second kappa shape index (κ2) is 11.6. The molecule has 3 rings (SSSR count). The standard InChI is InChI=1S/C21H27N3O3.HI/c1-3-22-21(23-12-10-16-4-7-18(25-2)8-5-16)24-13-11-17-6-9-19-20(14-17)27-15-26-19;/h4-9,14H,3,10-13,15H2,1-2H3,(H2,22,23,24);1H. The molecular formula is C21H28IN3O3. The average molecular weight is 497 g/mol. The van der Waals surface area contributed by atoms with Gasteiger partial charge in [0.05, 0.1) is 7.11 Å². The number of aliphatic imine (C=N–C) groups is 1. The van der Waals surface area contributed by atoms with Gasteiger partial charge in [0, 0.05) is 19.6 Å². The first-order chi connectivity index (χ1) is 13.3. The van der Waals surface area contributed by atoms with E-state index in [2.05, 4.69) is 40.7 Å². The maximum atomic E-state index is 5.43. The molecule has 0 spiro atoms. The van der Waals surface area contributed by atoms with Gasteiger partial charge in [0.15, 0.2) is 17.5 Å². The van der Waals surface area contributed by atoms with Gasteiger partial charge in [-0.25, -0.2) is 0 Å². The Balaban J connectivity index is 0.00000280. The van der Waals surface area contributed by atoms with Gasteiger partial charge in [0.2, 0.25) is 6.79 Å². The van der Waals surface area contributed by atoms with Crippen LogP contribution in [0.3, 0.4) is 0 Å². The van der Waals surface area contributed by atoms with Crippen LogP contribution in [0, 0.1) is 0 Å². The van der Waals surface area contributed by atoms with E-state index in [0.29, 0.717) is 6.79 Å². The van der Waals surface area contributed by atoms with Crippen LogP contribution in [-0.4, -0.2) is 39.5 Å². The normalized spacial score (nSPS) is 12.3. The number of hydrogen-bond acceptors (Lipinski definition) is 4. The minimum atomic E-state index is 0. The molecule has 2 aromatic carbocycles. The highest BCUT2D eigenvalue weighted by Gasteiger charge is 2.12. The SMILES string of the molecule is CCNC(=NCCc1ccc(OC)cc1)NCCc1ccc2c(c1)OCO2.I. The van der Waals surface area contributed by atoms with E-state index in [0.717, 1.165) is 55.7 Å². The zero-order valence-corrected chi connectivity index (χ0v) is 18.7. The Bertz CT molecular complexity index is 766. The quantitative estimate of drug-likeness (QED) is 0.333. The molecule has 0 atom stereocenters. The van der Waals surface area contributed by atoms with E-state index in [4.69, 9.17) is 14.2 Å². The Labute approximate surface area is 183 Å². The number of nitrogens with one attached hydrogen (secondary N) is 2. The second-order valence-corrected chi connectivity index (χ2v) is 6.22. The fourth-order valence-electron chi connectivity index (χ4n) is 2.85. The van der Waals surface area contributed by atoms with Crippen molar-refractivity contribution in [3.05, 3.63) is 53.6 Å². The monoisotopic (exact) mass is 497 g/mol. The number of ether oxygens (including phenoxy) is 3. The van der Waals surface area contributed by atoms with Crippen molar-refractivity contribution in [1.82, 2.24) is 10.6 Å². The van der Waals surface area contributed by atoms with Crippen LogP contribution in [-0.2, 0) is 12.8 Å². The Hall–Kier alpha value is -2.16. The Morgan fingerprint density at radius 3 is 2.50 bits per heavy atom. The van der Waals surface area contributed by atoms with E-state index in [1.807, 2.05) is 24.3 Å². The van der Waals surface area contributed by atoms with E-state index in [9.17, 15) is 0 Å². The summed E-state index contributed by atoms with van der Waals surface area (Å²) in [6, 6.07) is 14.2. The van der Waals surface area contributed by atoms with E-state index in [1.54, 1.807) is 7.11 Å². The van der Waals surface area contributed by atoms with Crippen molar-refractivity contribution in [3.8, 4) is 17.2 Å². The smallest absolute Gasteiger partial charge is 0.231 e. The van der Waals surface area contributed by atoms with Gasteiger partial charge in [0.1, 0.15) is 5.75 Å². The molecule has 0 aliphatic carbocycles. The van der Waals surface area contributed by atoms with Gasteiger partial charge < -0.3 is 24.8 Å². The Kier molecular flexibility index (Phi) is 9.19. The van der Waals surface area contributed by atoms with Crippen LogP contribution in [0.1, 0.15) is 18.1 Å². The molecule has 0 fully saturated rings. The molecule has 0 bridgehead atoms. The number of benzene rings is 2. The van der Waals surface area contributed by atoms with E-state index in [-0.39, 0.29) is 24.0 Å². The molecule has 0 unspecified atom stereocenters. The highest BCUT2D eigenvalue weighted by atomic mass is 127. The van der Waals surface area contributed by atoms with Crippen molar-refractivity contribution < 1.29 is 14.2 Å². The van der Waals surface area contributed by atoms with Crippen molar-refractivity contribution in [2.45, 2.75) is 19.8 Å². The third kappa shape index (κ3) is 6.47. The van der Waals surface area contributed by atoms with Crippen LogP contribution >= 0.6 is 24.0 Å². The molecule has 6 nitrogen and oxygen atoms in total. The molecular weight excluding hydrogens is 469 g/mol. The number of hydrogen-bond donors (Lipinski definition) is 2. The summed E-state index contributed by atoms with van der Waals surface area (Å²) in [5.74, 6) is 3.36. The molecule has 0 aromatic heterocycles. The molecule has 2 aromatic rings. The molecule has 1 heterocycles. The van der Waals surface area contributed by atoms with Crippen molar-refractivity contribution in [3.63, 3.8) is 0 Å². The lowest BCUT2D eigenvalue weighted by molar-refractivity contribution is 0.174. The molecule has 0 saturated carbocycles. The van der Waals surface area contributed by atoms with Gasteiger partial charge in [-0.1, -0.05) is 18.2 Å². The highest BCUT2D eigenvalue weighted by Crippen LogP contribution is 2.32. The maximum Gasteiger partial charge on any atom is 0.231 e. The summed E-state index contributed by atoms with van der Waals surface area (Å²) in [7, 11) is 1.68. The van der Waals surface area contributed by atoms with Crippen molar-refractivity contribution in [1.29, 1.82) is 0 Å². The maximum absolute atomic E-state index is 5.43. The van der Waals surface area contributed by atoms with Gasteiger partial charge in [-0.05, 0) is 55.2 Å². The van der Waals surface area contributed by atoms with Crippen LogP contribution in [0.15, 0.2) is 47.5 Å². The first kappa shape index (κ1) is 22.1. The topological polar surface area (TPSA) is 64.1 Å². The summed E-state index contributed by atoms with van der Waals surface area (Å²) in [6.07, 6.45) is 1.78. The summed E-state index contributed by atoms with van der Waals surface area (Å²) >= 11 is 0. The van der Waals surface area contributed by atoms with E-state index in [1.165, 1.54) is 11.1 Å². The van der Waals surface area contributed by atoms with E-state index < -0.39 is 0 Å². The van der Waals surface area contributed by atoms with Crippen LogP contribution in [0.4, 0.5) is 0 Å². The molecule has 1 aliphatic rings. The largest absolute Gasteiger partial charge is 0.497 e. The number of rotatable bonds is 8. The van der Waals surface area contributed by atoms with Gasteiger partial charge >= 0.3 is 0 Å². The number of guanidine groups is 1. The molecule has 152 valence electrons. The van der Waals surface area contributed by atoms with Crippen molar-refractivity contribution in [2.24, 2.45) is 4.99 Å². The minimum Gasteiger partial charge on any atom is -0.497 e. The van der Waals surface area contributed by atoms with Crippen LogP contribution in [0.2, 0.25) is 0 Å². The molecule has 1 aliphatic heterocycles. The summed E-state index contributed by atoms with van der Waals surface area (Å²) < 4.78 is 16.0. The molecule has 0 amide bonds. The van der Waals surface area contributed by atoms with Gasteiger partial charge in [-0.3, -0.25) is 4.99 Å². The van der Waals surface area contributed by atoms with Gasteiger partial charge in [-0.15, -0.1) is 24.0 Å².